The maximum absolute atomic E-state index is 12.7. The van der Waals surface area contributed by atoms with Gasteiger partial charge in [-0.05, 0) is 24.8 Å². The first-order chi connectivity index (χ1) is 11.5. The first-order valence-electron chi connectivity index (χ1n) is 7.83. The summed E-state index contributed by atoms with van der Waals surface area (Å²) in [6, 6.07) is 4.17. The number of nitro benzene ring substituents is 1. The van der Waals surface area contributed by atoms with Crippen molar-refractivity contribution in [2.24, 2.45) is 23.7 Å². The number of amides is 1. The standard InChI is InChI=1S/C16H16N2O6/c1-23-8-2-3-11(18(21)22)10(6-8)17-15(19)13-7-4-9-12(5-7)24-16(20)14(9)13/h2-3,6-7,9,12-14H,4-5H2,1H3,(H,17,19). The molecule has 2 saturated carbocycles. The largest absolute Gasteiger partial charge is 0.497 e. The van der Waals surface area contributed by atoms with E-state index in [-0.39, 0.29) is 41.2 Å². The molecule has 1 N–H and O–H groups in total. The zero-order valence-electron chi connectivity index (χ0n) is 12.9. The summed E-state index contributed by atoms with van der Waals surface area (Å²) in [7, 11) is 1.44. The molecule has 8 heteroatoms. The number of methoxy groups -OCH3 is 1. The van der Waals surface area contributed by atoms with E-state index in [4.69, 9.17) is 9.47 Å². The van der Waals surface area contributed by atoms with Gasteiger partial charge in [-0.2, -0.15) is 0 Å². The summed E-state index contributed by atoms with van der Waals surface area (Å²) < 4.78 is 10.4. The van der Waals surface area contributed by atoms with E-state index in [1.807, 2.05) is 0 Å². The normalized spacial score (nSPS) is 32.5. The van der Waals surface area contributed by atoms with Crippen LogP contribution in [0.25, 0.3) is 0 Å². The molecule has 126 valence electrons. The number of hydrogen-bond donors (Lipinski definition) is 1. The number of carbonyl (C=O) groups excluding carboxylic acids is 2. The zero-order valence-corrected chi connectivity index (χ0v) is 12.9. The maximum Gasteiger partial charge on any atom is 0.310 e. The second-order valence-electron chi connectivity index (χ2n) is 6.55. The van der Waals surface area contributed by atoms with Crippen LogP contribution in [0.5, 0.6) is 5.75 Å². The molecule has 3 aliphatic rings. The van der Waals surface area contributed by atoms with Crippen molar-refractivity contribution in [1.82, 2.24) is 0 Å². The van der Waals surface area contributed by atoms with Crippen molar-refractivity contribution >= 4 is 23.3 Å². The van der Waals surface area contributed by atoms with E-state index in [1.165, 1.54) is 25.3 Å². The molecule has 1 amide bonds. The number of anilines is 1. The van der Waals surface area contributed by atoms with Gasteiger partial charge in [0.15, 0.2) is 0 Å². The van der Waals surface area contributed by atoms with E-state index in [9.17, 15) is 19.7 Å². The summed E-state index contributed by atoms with van der Waals surface area (Å²) in [5.41, 5.74) is -0.130. The van der Waals surface area contributed by atoms with Crippen LogP contribution >= 0.6 is 0 Å². The number of ether oxygens (including phenoxy) is 2. The fraction of sp³-hybridized carbons (Fsp3) is 0.500. The van der Waals surface area contributed by atoms with Gasteiger partial charge >= 0.3 is 5.97 Å². The van der Waals surface area contributed by atoms with Gasteiger partial charge < -0.3 is 14.8 Å². The van der Waals surface area contributed by atoms with Crippen LogP contribution in [0.3, 0.4) is 0 Å². The molecule has 2 aliphatic carbocycles. The lowest BCUT2D eigenvalue weighted by atomic mass is 9.79. The zero-order chi connectivity index (χ0) is 17.0. The van der Waals surface area contributed by atoms with E-state index in [2.05, 4.69) is 5.32 Å². The molecule has 5 atom stereocenters. The molecule has 1 saturated heterocycles. The summed E-state index contributed by atoms with van der Waals surface area (Å²) in [5.74, 6) is -0.958. The van der Waals surface area contributed by atoms with Gasteiger partial charge in [-0.15, -0.1) is 0 Å². The first-order valence-corrected chi connectivity index (χ1v) is 7.83. The molecule has 0 spiro atoms. The van der Waals surface area contributed by atoms with Crippen molar-refractivity contribution in [2.45, 2.75) is 18.9 Å². The Balaban J connectivity index is 1.61. The van der Waals surface area contributed by atoms with Crippen LogP contribution < -0.4 is 10.1 Å². The molecule has 0 aromatic heterocycles. The van der Waals surface area contributed by atoms with Crippen LogP contribution in [-0.2, 0) is 14.3 Å². The number of hydrogen-bond acceptors (Lipinski definition) is 6. The lowest BCUT2D eigenvalue weighted by Crippen LogP contribution is -2.36. The van der Waals surface area contributed by atoms with Crippen molar-refractivity contribution < 1.29 is 24.0 Å². The van der Waals surface area contributed by atoms with Gasteiger partial charge in [-0.1, -0.05) is 0 Å². The van der Waals surface area contributed by atoms with Crippen LogP contribution in [0.2, 0.25) is 0 Å². The van der Waals surface area contributed by atoms with Gasteiger partial charge in [0.1, 0.15) is 17.5 Å². The average Bonchev–Trinajstić information content (AvgIpc) is 3.16. The minimum absolute atomic E-state index is 0.0531. The summed E-state index contributed by atoms with van der Waals surface area (Å²) in [6.45, 7) is 0. The lowest BCUT2D eigenvalue weighted by Gasteiger charge is -2.23. The van der Waals surface area contributed by atoms with E-state index in [0.717, 1.165) is 6.42 Å². The number of carbonyl (C=O) groups is 2. The minimum Gasteiger partial charge on any atom is -0.497 e. The highest BCUT2D eigenvalue weighted by atomic mass is 16.6. The number of nitrogens with zero attached hydrogens (tertiary/aromatic N) is 1. The highest BCUT2D eigenvalue weighted by molar-refractivity contribution is 5.98. The first kappa shape index (κ1) is 14.9. The smallest absolute Gasteiger partial charge is 0.310 e. The fourth-order valence-electron chi connectivity index (χ4n) is 4.48. The quantitative estimate of drug-likeness (QED) is 0.511. The predicted molar refractivity (Wildman–Crippen MR) is 81.4 cm³/mol. The number of fused-ring (bicyclic) bond motifs is 1. The Morgan fingerprint density at radius 2 is 2.21 bits per heavy atom. The Labute approximate surface area is 137 Å². The number of benzene rings is 1. The molecule has 24 heavy (non-hydrogen) atoms. The summed E-state index contributed by atoms with van der Waals surface area (Å²) in [5, 5.41) is 13.8. The molecule has 4 rings (SSSR count). The van der Waals surface area contributed by atoms with Crippen molar-refractivity contribution in [3.63, 3.8) is 0 Å². The molecule has 1 heterocycles. The second-order valence-corrected chi connectivity index (χ2v) is 6.55. The van der Waals surface area contributed by atoms with E-state index < -0.39 is 16.8 Å². The molecular formula is C16H16N2O6. The third kappa shape index (κ3) is 2.05. The Morgan fingerprint density at radius 3 is 2.92 bits per heavy atom. The lowest BCUT2D eigenvalue weighted by molar-refractivity contribution is -0.384. The molecule has 1 aromatic carbocycles. The topological polar surface area (TPSA) is 108 Å². The fourth-order valence-corrected chi connectivity index (χ4v) is 4.48. The third-order valence-corrected chi connectivity index (χ3v) is 5.44. The van der Waals surface area contributed by atoms with E-state index in [0.29, 0.717) is 12.2 Å². The van der Waals surface area contributed by atoms with Gasteiger partial charge in [0.2, 0.25) is 5.91 Å². The van der Waals surface area contributed by atoms with Crippen LogP contribution in [0, 0.1) is 33.8 Å². The van der Waals surface area contributed by atoms with E-state index >= 15 is 0 Å². The minimum atomic E-state index is -0.560. The van der Waals surface area contributed by atoms with Crippen molar-refractivity contribution in [3.05, 3.63) is 28.3 Å². The van der Waals surface area contributed by atoms with Gasteiger partial charge in [0.05, 0.1) is 23.9 Å². The van der Waals surface area contributed by atoms with Crippen molar-refractivity contribution in [3.8, 4) is 5.75 Å². The van der Waals surface area contributed by atoms with Crippen molar-refractivity contribution in [2.75, 3.05) is 12.4 Å². The number of esters is 1. The average molecular weight is 332 g/mol. The van der Waals surface area contributed by atoms with Crippen LogP contribution in [-0.4, -0.2) is 30.0 Å². The maximum atomic E-state index is 12.7. The Hall–Kier alpha value is -2.64. The monoisotopic (exact) mass is 332 g/mol. The second kappa shape index (κ2) is 5.19. The summed E-state index contributed by atoms with van der Waals surface area (Å²) >= 11 is 0. The molecule has 1 aliphatic heterocycles. The Kier molecular flexibility index (Phi) is 3.22. The van der Waals surface area contributed by atoms with Gasteiger partial charge in [0.25, 0.3) is 5.69 Å². The van der Waals surface area contributed by atoms with Crippen molar-refractivity contribution in [1.29, 1.82) is 0 Å². The van der Waals surface area contributed by atoms with E-state index in [1.54, 1.807) is 0 Å². The van der Waals surface area contributed by atoms with Crippen LogP contribution in [0.15, 0.2) is 18.2 Å². The van der Waals surface area contributed by atoms with Gasteiger partial charge in [0, 0.05) is 18.1 Å². The number of nitro groups is 1. The molecule has 0 radical (unpaired) electrons. The summed E-state index contributed by atoms with van der Waals surface area (Å²) in [6.07, 6.45) is 1.45. The number of nitrogens with one attached hydrogen (secondary N) is 1. The van der Waals surface area contributed by atoms with Crippen LogP contribution in [0.1, 0.15) is 12.8 Å². The third-order valence-electron chi connectivity index (χ3n) is 5.44. The SMILES string of the molecule is COc1ccc([N+](=O)[O-])c(NC(=O)C2C3CC4OC(=O)C2C4C3)c1. The van der Waals surface area contributed by atoms with Crippen LogP contribution in [0.4, 0.5) is 11.4 Å². The Bertz CT molecular complexity index is 746. The molecule has 3 fully saturated rings. The molecule has 8 nitrogen and oxygen atoms in total. The highest BCUT2D eigenvalue weighted by Crippen LogP contribution is 2.57. The predicted octanol–water partition coefficient (Wildman–Crippen LogP) is 1.74. The number of rotatable bonds is 4. The Morgan fingerprint density at radius 1 is 1.42 bits per heavy atom. The molecule has 1 aromatic rings. The molecule has 5 unspecified atom stereocenters. The molecular weight excluding hydrogens is 316 g/mol. The molecule has 2 bridgehead atoms. The van der Waals surface area contributed by atoms with Gasteiger partial charge in [-0.25, -0.2) is 0 Å². The summed E-state index contributed by atoms with van der Waals surface area (Å²) in [4.78, 5) is 35.3. The van der Waals surface area contributed by atoms with Gasteiger partial charge in [-0.3, -0.25) is 19.7 Å². The highest BCUT2D eigenvalue weighted by Gasteiger charge is 2.63.